The molecule has 0 aliphatic heterocycles. The Balaban J connectivity index is 1.66. The molecule has 0 aromatic heterocycles. The highest BCUT2D eigenvalue weighted by Crippen LogP contribution is 2.27. The maximum absolute atomic E-state index is 12.4. The second-order valence-electron chi connectivity index (χ2n) is 6.63. The van der Waals surface area contributed by atoms with Gasteiger partial charge in [-0.15, -0.1) is 0 Å². The molecule has 142 valence electrons. The lowest BCUT2D eigenvalue weighted by Gasteiger charge is -2.26. The summed E-state index contributed by atoms with van der Waals surface area (Å²) in [6.45, 7) is 1.92. The van der Waals surface area contributed by atoms with Crippen LogP contribution in [0.25, 0.3) is 0 Å². The number of hydrogen-bond acceptors (Lipinski definition) is 3. The highest BCUT2D eigenvalue weighted by atomic mass is 16.5. The minimum absolute atomic E-state index is 0.0400. The molecule has 4 nitrogen and oxygen atoms in total. The van der Waals surface area contributed by atoms with Crippen molar-refractivity contribution in [2.45, 2.75) is 18.9 Å². The summed E-state index contributed by atoms with van der Waals surface area (Å²) >= 11 is 0. The van der Waals surface area contributed by atoms with Crippen molar-refractivity contribution >= 4 is 12.2 Å². The highest BCUT2D eigenvalue weighted by molar-refractivity contribution is 5.78. The maximum atomic E-state index is 12.4. The fourth-order valence-electron chi connectivity index (χ4n) is 3.26. The molecule has 1 N–H and O–H groups in total. The zero-order valence-corrected chi connectivity index (χ0v) is 15.7. The van der Waals surface area contributed by atoms with Crippen LogP contribution in [-0.2, 0) is 4.79 Å². The summed E-state index contributed by atoms with van der Waals surface area (Å²) in [5.41, 5.74) is 2.86. The van der Waals surface area contributed by atoms with Gasteiger partial charge in [0, 0.05) is 17.5 Å². The second-order valence-corrected chi connectivity index (χ2v) is 6.63. The first-order valence-corrected chi connectivity index (χ1v) is 9.24. The number of aldehydes is 1. The molecule has 3 aromatic rings. The van der Waals surface area contributed by atoms with Gasteiger partial charge in [0.2, 0.25) is 0 Å². The van der Waals surface area contributed by atoms with Crippen molar-refractivity contribution in [2.75, 3.05) is 6.61 Å². The summed E-state index contributed by atoms with van der Waals surface area (Å²) in [6.07, 6.45) is 0.769. The molecular weight excluding hydrogens is 350 g/mol. The normalized spacial score (nSPS) is 11.6. The fourth-order valence-corrected chi connectivity index (χ4v) is 3.26. The first-order valence-electron chi connectivity index (χ1n) is 9.24. The topological polar surface area (TPSA) is 55.4 Å². The van der Waals surface area contributed by atoms with Crippen LogP contribution in [0.3, 0.4) is 0 Å². The maximum Gasteiger partial charge on any atom is 0.258 e. The van der Waals surface area contributed by atoms with E-state index >= 15 is 0 Å². The van der Waals surface area contributed by atoms with E-state index in [0.29, 0.717) is 11.3 Å². The number of hydrogen-bond donors (Lipinski definition) is 1. The molecule has 0 saturated carbocycles. The quantitative estimate of drug-likeness (QED) is 0.602. The molecule has 0 aliphatic carbocycles. The predicted molar refractivity (Wildman–Crippen MR) is 110 cm³/mol. The van der Waals surface area contributed by atoms with Crippen LogP contribution in [-0.4, -0.2) is 24.8 Å². The monoisotopic (exact) mass is 373 g/mol. The van der Waals surface area contributed by atoms with Crippen molar-refractivity contribution in [3.05, 3.63) is 102 Å². The molecule has 1 amide bonds. The zero-order valence-electron chi connectivity index (χ0n) is 15.7. The van der Waals surface area contributed by atoms with E-state index in [1.807, 2.05) is 43.3 Å². The largest absolute Gasteiger partial charge is 0.484 e. The van der Waals surface area contributed by atoms with E-state index in [9.17, 15) is 9.59 Å². The number of rotatable bonds is 8. The lowest BCUT2D eigenvalue weighted by Crippen LogP contribution is -2.40. The highest BCUT2D eigenvalue weighted by Gasteiger charge is 2.22. The minimum atomic E-state index is -0.191. The smallest absolute Gasteiger partial charge is 0.258 e. The molecule has 1 atom stereocenters. The summed E-state index contributed by atoms with van der Waals surface area (Å²) in [5.74, 6) is 0.401. The third-order valence-electron chi connectivity index (χ3n) is 4.59. The summed E-state index contributed by atoms with van der Waals surface area (Å²) in [5, 5.41) is 3.05. The van der Waals surface area contributed by atoms with E-state index < -0.39 is 0 Å². The Labute approximate surface area is 165 Å². The van der Waals surface area contributed by atoms with E-state index in [0.717, 1.165) is 17.4 Å². The van der Waals surface area contributed by atoms with Gasteiger partial charge in [-0.1, -0.05) is 60.7 Å². The second kappa shape index (κ2) is 9.51. The van der Waals surface area contributed by atoms with Crippen molar-refractivity contribution in [1.29, 1.82) is 0 Å². The zero-order chi connectivity index (χ0) is 19.8. The minimum Gasteiger partial charge on any atom is -0.484 e. The van der Waals surface area contributed by atoms with Gasteiger partial charge in [0.25, 0.3) is 5.91 Å². The molecule has 4 heteroatoms. The lowest BCUT2D eigenvalue weighted by atomic mass is 9.86. The van der Waals surface area contributed by atoms with Gasteiger partial charge in [0.05, 0.1) is 0 Å². The lowest BCUT2D eigenvalue weighted by molar-refractivity contribution is -0.123. The number of amides is 1. The van der Waals surface area contributed by atoms with Gasteiger partial charge in [-0.25, -0.2) is 0 Å². The van der Waals surface area contributed by atoms with Crippen LogP contribution < -0.4 is 10.1 Å². The molecule has 0 radical (unpaired) electrons. The fraction of sp³-hybridized carbons (Fsp3) is 0.167. The molecule has 3 aromatic carbocycles. The third-order valence-corrected chi connectivity index (χ3v) is 4.59. The third kappa shape index (κ3) is 5.07. The Hall–Kier alpha value is -3.40. The first-order chi connectivity index (χ1) is 13.7. The van der Waals surface area contributed by atoms with E-state index in [4.69, 9.17) is 4.74 Å². The Morgan fingerprint density at radius 1 is 0.893 bits per heavy atom. The van der Waals surface area contributed by atoms with Crippen LogP contribution in [0, 0.1) is 0 Å². The van der Waals surface area contributed by atoms with Crippen molar-refractivity contribution < 1.29 is 14.3 Å². The summed E-state index contributed by atoms with van der Waals surface area (Å²) < 4.78 is 5.53. The Morgan fingerprint density at radius 2 is 1.43 bits per heavy atom. The average molecular weight is 373 g/mol. The van der Waals surface area contributed by atoms with E-state index in [2.05, 4.69) is 29.6 Å². The van der Waals surface area contributed by atoms with Gasteiger partial charge in [-0.05, 0) is 42.3 Å². The molecule has 28 heavy (non-hydrogen) atoms. The van der Waals surface area contributed by atoms with Crippen LogP contribution in [0.1, 0.15) is 34.3 Å². The van der Waals surface area contributed by atoms with Crippen LogP contribution in [0.15, 0.2) is 84.9 Å². The Kier molecular flexibility index (Phi) is 6.58. The summed E-state index contributed by atoms with van der Waals surface area (Å²) in [7, 11) is 0. The van der Waals surface area contributed by atoms with E-state index in [-0.39, 0.29) is 24.5 Å². The van der Waals surface area contributed by atoms with Crippen LogP contribution in [0.2, 0.25) is 0 Å². The van der Waals surface area contributed by atoms with Gasteiger partial charge in [0.1, 0.15) is 12.0 Å². The summed E-state index contributed by atoms with van der Waals surface area (Å²) in [6, 6.07) is 26.8. The molecule has 0 bridgehead atoms. The van der Waals surface area contributed by atoms with Gasteiger partial charge in [-0.2, -0.15) is 0 Å². The van der Waals surface area contributed by atoms with Gasteiger partial charge in [-0.3, -0.25) is 9.59 Å². The average Bonchev–Trinajstić information content (AvgIpc) is 2.74. The number of benzene rings is 3. The molecule has 0 saturated heterocycles. The molecule has 3 rings (SSSR count). The van der Waals surface area contributed by atoms with Gasteiger partial charge in [0.15, 0.2) is 6.61 Å². The molecule has 0 heterocycles. The van der Waals surface area contributed by atoms with Crippen LogP contribution >= 0.6 is 0 Å². The van der Waals surface area contributed by atoms with Gasteiger partial charge < -0.3 is 10.1 Å². The Morgan fingerprint density at radius 3 is 1.93 bits per heavy atom. The molecular formula is C24H23NO3. The standard InChI is InChI=1S/C24H23NO3/c1-18(25-23(27)17-28-22-14-12-19(16-26)13-15-22)24(20-8-4-2-5-9-20)21-10-6-3-7-11-21/h2-16,18,24H,17H2,1H3,(H,25,27). The van der Waals surface area contributed by atoms with Gasteiger partial charge >= 0.3 is 0 Å². The molecule has 0 aliphatic rings. The number of carbonyl (C=O) groups excluding carboxylic acids is 2. The van der Waals surface area contributed by atoms with E-state index in [1.165, 1.54) is 0 Å². The van der Waals surface area contributed by atoms with Crippen molar-refractivity contribution in [3.63, 3.8) is 0 Å². The van der Waals surface area contributed by atoms with Crippen LogP contribution in [0.5, 0.6) is 5.75 Å². The SMILES string of the molecule is CC(NC(=O)COc1ccc(C=O)cc1)C(c1ccccc1)c1ccccc1. The van der Waals surface area contributed by atoms with Crippen molar-refractivity contribution in [1.82, 2.24) is 5.32 Å². The van der Waals surface area contributed by atoms with Crippen molar-refractivity contribution in [2.24, 2.45) is 0 Å². The molecule has 0 fully saturated rings. The number of carbonyl (C=O) groups is 2. The van der Waals surface area contributed by atoms with Crippen LogP contribution in [0.4, 0.5) is 0 Å². The first kappa shape index (κ1) is 19.4. The number of ether oxygens (including phenoxy) is 1. The number of nitrogens with one attached hydrogen (secondary N) is 1. The molecule has 0 spiro atoms. The summed E-state index contributed by atoms with van der Waals surface area (Å²) in [4.78, 5) is 23.1. The Bertz CT molecular complexity index is 853. The molecule has 1 unspecified atom stereocenters. The predicted octanol–water partition coefficient (Wildman–Crippen LogP) is 4.21. The van der Waals surface area contributed by atoms with E-state index in [1.54, 1.807) is 24.3 Å². The van der Waals surface area contributed by atoms with Crippen molar-refractivity contribution in [3.8, 4) is 5.75 Å².